The number of rotatable bonds is 4. The standard InChI is InChI=1S/C9H15FO3/c1-9(2,10)7(11)3-4-8-12-5-6-13-8/h8H,3-6H2,1-2H3. The summed E-state index contributed by atoms with van der Waals surface area (Å²) in [5.41, 5.74) is -1.74. The van der Waals surface area contributed by atoms with Crippen LogP contribution in [0.15, 0.2) is 0 Å². The first-order valence-corrected chi connectivity index (χ1v) is 4.45. The topological polar surface area (TPSA) is 35.5 Å². The number of Topliss-reactive ketones (excluding diaryl/α,β-unsaturated/α-hetero) is 1. The van der Waals surface area contributed by atoms with Crippen molar-refractivity contribution in [2.75, 3.05) is 13.2 Å². The molecule has 0 N–H and O–H groups in total. The van der Waals surface area contributed by atoms with Gasteiger partial charge in [0, 0.05) is 12.8 Å². The van der Waals surface area contributed by atoms with E-state index in [4.69, 9.17) is 9.47 Å². The largest absolute Gasteiger partial charge is 0.350 e. The molecule has 0 amide bonds. The predicted molar refractivity (Wildman–Crippen MR) is 45.1 cm³/mol. The number of hydrogen-bond acceptors (Lipinski definition) is 3. The molecule has 3 nitrogen and oxygen atoms in total. The van der Waals surface area contributed by atoms with E-state index in [2.05, 4.69) is 0 Å². The Morgan fingerprint density at radius 2 is 2.00 bits per heavy atom. The fourth-order valence-corrected chi connectivity index (χ4v) is 1.12. The van der Waals surface area contributed by atoms with Crippen molar-refractivity contribution in [1.82, 2.24) is 0 Å². The summed E-state index contributed by atoms with van der Waals surface area (Å²) in [6.45, 7) is 3.67. The average Bonchev–Trinajstić information content (AvgIpc) is 2.50. The predicted octanol–water partition coefficient (Wildman–Crippen LogP) is 1.46. The molecule has 0 aliphatic carbocycles. The molecule has 1 fully saturated rings. The normalized spacial score (nSPS) is 19.3. The summed E-state index contributed by atoms with van der Waals surface area (Å²) in [5.74, 6) is -0.397. The summed E-state index contributed by atoms with van der Waals surface area (Å²) < 4.78 is 23.3. The highest BCUT2D eigenvalue weighted by atomic mass is 19.1. The van der Waals surface area contributed by atoms with Gasteiger partial charge in [0.2, 0.25) is 0 Å². The smallest absolute Gasteiger partial charge is 0.169 e. The van der Waals surface area contributed by atoms with Crippen molar-refractivity contribution in [3.63, 3.8) is 0 Å². The first-order chi connectivity index (χ1) is 6.00. The van der Waals surface area contributed by atoms with Crippen LogP contribution in [0.5, 0.6) is 0 Å². The molecular formula is C9H15FO3. The molecule has 1 saturated heterocycles. The molecule has 0 radical (unpaired) electrons. The third kappa shape index (κ3) is 3.40. The van der Waals surface area contributed by atoms with E-state index in [-0.39, 0.29) is 12.7 Å². The fraction of sp³-hybridized carbons (Fsp3) is 0.889. The highest BCUT2D eigenvalue weighted by Crippen LogP contribution is 2.17. The maximum atomic E-state index is 13.0. The van der Waals surface area contributed by atoms with Crippen LogP contribution in [0.1, 0.15) is 26.7 Å². The molecule has 1 rings (SSSR count). The minimum atomic E-state index is -1.74. The lowest BCUT2D eigenvalue weighted by Gasteiger charge is -2.13. The van der Waals surface area contributed by atoms with Crippen molar-refractivity contribution in [2.24, 2.45) is 0 Å². The van der Waals surface area contributed by atoms with Crippen molar-refractivity contribution in [3.05, 3.63) is 0 Å². The summed E-state index contributed by atoms with van der Waals surface area (Å²) >= 11 is 0. The molecular weight excluding hydrogens is 175 g/mol. The molecule has 0 aromatic carbocycles. The van der Waals surface area contributed by atoms with Crippen LogP contribution in [0.3, 0.4) is 0 Å². The minimum Gasteiger partial charge on any atom is -0.350 e. The van der Waals surface area contributed by atoms with E-state index in [0.29, 0.717) is 19.6 Å². The molecule has 76 valence electrons. The quantitative estimate of drug-likeness (QED) is 0.673. The molecule has 0 unspecified atom stereocenters. The maximum absolute atomic E-state index is 13.0. The molecule has 0 bridgehead atoms. The van der Waals surface area contributed by atoms with Crippen LogP contribution in [-0.4, -0.2) is 31.0 Å². The van der Waals surface area contributed by atoms with Crippen molar-refractivity contribution >= 4 is 5.78 Å². The van der Waals surface area contributed by atoms with Crippen molar-refractivity contribution in [2.45, 2.75) is 38.6 Å². The van der Waals surface area contributed by atoms with Crippen LogP contribution in [0.4, 0.5) is 4.39 Å². The molecule has 0 aromatic rings. The Labute approximate surface area is 77.2 Å². The monoisotopic (exact) mass is 190 g/mol. The molecule has 1 heterocycles. The second-order valence-corrected chi connectivity index (χ2v) is 3.61. The van der Waals surface area contributed by atoms with Crippen LogP contribution in [0.2, 0.25) is 0 Å². The Morgan fingerprint density at radius 1 is 1.46 bits per heavy atom. The highest BCUT2D eigenvalue weighted by Gasteiger charge is 2.27. The second-order valence-electron chi connectivity index (χ2n) is 3.61. The number of ether oxygens (including phenoxy) is 2. The summed E-state index contributed by atoms with van der Waals surface area (Å²) in [4.78, 5) is 11.1. The van der Waals surface area contributed by atoms with Crippen molar-refractivity contribution in [3.8, 4) is 0 Å². The number of hydrogen-bond donors (Lipinski definition) is 0. The second kappa shape index (κ2) is 4.15. The van der Waals surface area contributed by atoms with Crippen molar-refractivity contribution in [1.29, 1.82) is 0 Å². The van der Waals surface area contributed by atoms with Crippen LogP contribution in [0, 0.1) is 0 Å². The lowest BCUT2D eigenvalue weighted by Crippen LogP contribution is -2.27. The molecule has 0 atom stereocenters. The van der Waals surface area contributed by atoms with Gasteiger partial charge in [0.1, 0.15) is 0 Å². The Morgan fingerprint density at radius 3 is 2.46 bits per heavy atom. The first kappa shape index (κ1) is 10.6. The molecule has 13 heavy (non-hydrogen) atoms. The van der Waals surface area contributed by atoms with Gasteiger partial charge in [-0.3, -0.25) is 4.79 Å². The van der Waals surface area contributed by atoms with E-state index in [0.717, 1.165) is 0 Å². The van der Waals surface area contributed by atoms with E-state index >= 15 is 0 Å². The SMILES string of the molecule is CC(C)(F)C(=O)CCC1OCCO1. The Hall–Kier alpha value is -0.480. The molecule has 0 spiro atoms. The van der Waals surface area contributed by atoms with Gasteiger partial charge >= 0.3 is 0 Å². The van der Waals surface area contributed by atoms with Gasteiger partial charge in [0.05, 0.1) is 13.2 Å². The molecule has 0 saturated carbocycles. The van der Waals surface area contributed by atoms with Gasteiger partial charge in [0.25, 0.3) is 0 Å². The van der Waals surface area contributed by atoms with E-state index in [9.17, 15) is 9.18 Å². The first-order valence-electron chi connectivity index (χ1n) is 4.45. The van der Waals surface area contributed by atoms with Gasteiger partial charge in [-0.05, 0) is 13.8 Å². The summed E-state index contributed by atoms with van der Waals surface area (Å²) in [5, 5.41) is 0. The third-order valence-electron chi connectivity index (χ3n) is 1.96. The van der Waals surface area contributed by atoms with Gasteiger partial charge in [-0.15, -0.1) is 0 Å². The van der Waals surface area contributed by atoms with E-state index in [1.807, 2.05) is 0 Å². The van der Waals surface area contributed by atoms with Crippen LogP contribution >= 0.6 is 0 Å². The average molecular weight is 190 g/mol. The highest BCUT2D eigenvalue weighted by molar-refractivity contribution is 5.86. The van der Waals surface area contributed by atoms with Crippen molar-refractivity contribution < 1.29 is 18.7 Å². The lowest BCUT2D eigenvalue weighted by molar-refractivity contribution is -0.130. The minimum absolute atomic E-state index is 0.175. The number of halogens is 1. The van der Waals surface area contributed by atoms with Gasteiger partial charge in [0.15, 0.2) is 17.7 Å². The zero-order valence-corrected chi connectivity index (χ0v) is 8.01. The fourth-order valence-electron chi connectivity index (χ4n) is 1.12. The van der Waals surface area contributed by atoms with E-state index < -0.39 is 11.5 Å². The van der Waals surface area contributed by atoms with Gasteiger partial charge < -0.3 is 9.47 Å². The molecule has 0 aromatic heterocycles. The number of carbonyl (C=O) groups is 1. The van der Waals surface area contributed by atoms with Gasteiger partial charge in [-0.25, -0.2) is 4.39 Å². The van der Waals surface area contributed by atoms with E-state index in [1.54, 1.807) is 0 Å². The van der Waals surface area contributed by atoms with Crippen LogP contribution < -0.4 is 0 Å². The van der Waals surface area contributed by atoms with Gasteiger partial charge in [-0.2, -0.15) is 0 Å². The summed E-state index contributed by atoms with van der Waals surface area (Å²) in [6, 6.07) is 0. The molecule has 4 heteroatoms. The molecule has 1 aliphatic rings. The molecule has 1 aliphatic heterocycles. The zero-order chi connectivity index (χ0) is 9.90. The van der Waals surface area contributed by atoms with E-state index in [1.165, 1.54) is 13.8 Å². The summed E-state index contributed by atoms with van der Waals surface area (Å²) in [6.07, 6.45) is 0.312. The number of alkyl halides is 1. The third-order valence-corrected chi connectivity index (χ3v) is 1.96. The Balaban J connectivity index is 2.22. The Bertz CT molecular complexity index is 180. The van der Waals surface area contributed by atoms with Crippen LogP contribution in [0.25, 0.3) is 0 Å². The maximum Gasteiger partial charge on any atom is 0.169 e. The lowest BCUT2D eigenvalue weighted by atomic mass is 10.0. The summed E-state index contributed by atoms with van der Waals surface area (Å²) in [7, 11) is 0. The zero-order valence-electron chi connectivity index (χ0n) is 8.01. The Kier molecular flexibility index (Phi) is 3.39. The number of carbonyl (C=O) groups excluding carboxylic acids is 1. The van der Waals surface area contributed by atoms with Crippen LogP contribution in [-0.2, 0) is 14.3 Å². The number of ketones is 1. The van der Waals surface area contributed by atoms with Gasteiger partial charge in [-0.1, -0.05) is 0 Å².